The third-order valence-electron chi connectivity index (χ3n) is 5.53. The summed E-state index contributed by atoms with van der Waals surface area (Å²) in [5.41, 5.74) is 4.20. The fourth-order valence-electron chi connectivity index (χ4n) is 4.23. The zero-order chi connectivity index (χ0) is 18.5. The predicted octanol–water partition coefficient (Wildman–Crippen LogP) is 6.71. The first-order valence-electron chi connectivity index (χ1n) is 9.43. The number of hydrogen-bond acceptors (Lipinski definition) is 2. The third-order valence-corrected chi connectivity index (χ3v) is 5.53. The summed E-state index contributed by atoms with van der Waals surface area (Å²) in [5.74, 6) is 0. The van der Waals surface area contributed by atoms with E-state index in [1.807, 2.05) is 12.1 Å². The van der Waals surface area contributed by atoms with Crippen molar-refractivity contribution in [2.45, 2.75) is 0 Å². The summed E-state index contributed by atoms with van der Waals surface area (Å²) in [6.45, 7) is 0. The second-order valence-corrected chi connectivity index (χ2v) is 7.11. The summed E-state index contributed by atoms with van der Waals surface area (Å²) >= 11 is 0. The molecular weight excluding hydrogens is 340 g/mol. The van der Waals surface area contributed by atoms with E-state index in [-0.39, 0.29) is 0 Å². The van der Waals surface area contributed by atoms with Crippen LogP contribution >= 0.6 is 0 Å². The molecule has 0 aliphatic rings. The van der Waals surface area contributed by atoms with Gasteiger partial charge in [-0.2, -0.15) is 0 Å². The molecule has 6 rings (SSSR count). The lowest BCUT2D eigenvalue weighted by atomic mass is 9.91. The molecule has 0 aliphatic heterocycles. The number of benzene rings is 4. The topological polar surface area (TPSA) is 25.8 Å². The lowest BCUT2D eigenvalue weighted by Gasteiger charge is -2.14. The first-order chi connectivity index (χ1) is 13.9. The Kier molecular flexibility index (Phi) is 3.20. The molecule has 0 fully saturated rings. The highest BCUT2D eigenvalue weighted by atomic mass is 14.7. The van der Waals surface area contributed by atoms with Gasteiger partial charge in [0.15, 0.2) is 0 Å². The number of nitrogens with zero attached hydrogens (tertiary/aromatic N) is 2. The van der Waals surface area contributed by atoms with Gasteiger partial charge in [-0.25, -0.2) is 4.98 Å². The monoisotopic (exact) mass is 356 g/mol. The fraction of sp³-hybridized carbons (Fsp3) is 0. The molecule has 2 heteroatoms. The fourth-order valence-corrected chi connectivity index (χ4v) is 4.23. The molecule has 0 saturated carbocycles. The number of hydrogen-bond donors (Lipinski definition) is 0. The largest absolute Gasteiger partial charge is 0.265 e. The summed E-state index contributed by atoms with van der Waals surface area (Å²) in [5, 5.41) is 7.75. The molecule has 0 bridgehead atoms. The zero-order valence-corrected chi connectivity index (χ0v) is 15.1. The maximum Gasteiger partial charge on any atom is 0.0715 e. The van der Waals surface area contributed by atoms with Crippen LogP contribution in [0.15, 0.2) is 97.3 Å². The zero-order valence-electron chi connectivity index (χ0n) is 15.1. The molecular formula is C26H16N2. The van der Waals surface area contributed by atoms with Crippen molar-refractivity contribution in [1.29, 1.82) is 0 Å². The Morgan fingerprint density at radius 3 is 1.96 bits per heavy atom. The Morgan fingerprint density at radius 1 is 0.500 bits per heavy atom. The van der Waals surface area contributed by atoms with E-state index in [9.17, 15) is 0 Å². The van der Waals surface area contributed by atoms with Gasteiger partial charge in [0.05, 0.1) is 11.4 Å². The predicted molar refractivity (Wildman–Crippen MR) is 117 cm³/mol. The molecule has 0 atom stereocenters. The van der Waals surface area contributed by atoms with E-state index in [0.717, 1.165) is 17.0 Å². The van der Waals surface area contributed by atoms with Crippen LogP contribution in [0.1, 0.15) is 0 Å². The van der Waals surface area contributed by atoms with Gasteiger partial charge in [-0.05, 0) is 56.6 Å². The molecule has 28 heavy (non-hydrogen) atoms. The van der Waals surface area contributed by atoms with Gasteiger partial charge in [0.2, 0.25) is 0 Å². The van der Waals surface area contributed by atoms with Gasteiger partial charge in [-0.15, -0.1) is 0 Å². The van der Waals surface area contributed by atoms with E-state index in [4.69, 9.17) is 4.98 Å². The Balaban J connectivity index is 1.65. The Morgan fingerprint density at radius 2 is 1.14 bits per heavy atom. The van der Waals surface area contributed by atoms with E-state index in [1.54, 1.807) is 12.4 Å². The highest BCUT2D eigenvalue weighted by Gasteiger charge is 2.13. The van der Waals surface area contributed by atoms with E-state index in [2.05, 4.69) is 77.8 Å². The van der Waals surface area contributed by atoms with Crippen molar-refractivity contribution in [3.63, 3.8) is 0 Å². The van der Waals surface area contributed by atoms with Crippen LogP contribution in [-0.4, -0.2) is 9.97 Å². The van der Waals surface area contributed by atoms with Crippen molar-refractivity contribution < 1.29 is 0 Å². The van der Waals surface area contributed by atoms with Crippen LogP contribution in [0.2, 0.25) is 0 Å². The lowest BCUT2D eigenvalue weighted by Crippen LogP contribution is -1.91. The average Bonchev–Trinajstić information content (AvgIpc) is 2.78. The smallest absolute Gasteiger partial charge is 0.0715 e. The molecule has 0 amide bonds. The van der Waals surface area contributed by atoms with Gasteiger partial charge in [0.1, 0.15) is 0 Å². The highest BCUT2D eigenvalue weighted by Crippen LogP contribution is 2.38. The van der Waals surface area contributed by atoms with Crippen LogP contribution in [0, 0.1) is 0 Å². The van der Waals surface area contributed by atoms with Crippen LogP contribution in [0.3, 0.4) is 0 Å². The molecule has 2 aromatic heterocycles. The van der Waals surface area contributed by atoms with E-state index in [0.29, 0.717) is 0 Å². The van der Waals surface area contributed by atoms with Gasteiger partial charge in [-0.3, -0.25) is 4.98 Å². The molecule has 6 aromatic rings. The maximum absolute atomic E-state index is 4.97. The first-order valence-corrected chi connectivity index (χ1v) is 9.43. The summed E-state index contributed by atoms with van der Waals surface area (Å²) in [6, 6.07) is 30.0. The van der Waals surface area contributed by atoms with Gasteiger partial charge in [0.25, 0.3) is 0 Å². The molecule has 0 N–H and O–H groups in total. The summed E-state index contributed by atoms with van der Waals surface area (Å²) < 4.78 is 0. The van der Waals surface area contributed by atoms with E-state index >= 15 is 0 Å². The quantitative estimate of drug-likeness (QED) is 0.322. The standard InChI is InChI=1S/C26H16N2/c1-3-18-7-8-20-9-11-21(22-12-10-19(4-1)25(18)26(20)22)24-6-2-5-23(28-24)17-13-15-27-16-14-17/h1-16H. The summed E-state index contributed by atoms with van der Waals surface area (Å²) in [6.07, 6.45) is 3.61. The number of aromatic nitrogens is 2. The molecule has 0 spiro atoms. The Labute approximate surface area is 162 Å². The van der Waals surface area contributed by atoms with Crippen molar-refractivity contribution in [3.8, 4) is 22.5 Å². The van der Waals surface area contributed by atoms with Crippen molar-refractivity contribution in [2.75, 3.05) is 0 Å². The number of rotatable bonds is 2. The van der Waals surface area contributed by atoms with Gasteiger partial charge in [-0.1, -0.05) is 60.7 Å². The minimum Gasteiger partial charge on any atom is -0.265 e. The lowest BCUT2D eigenvalue weighted by molar-refractivity contribution is 1.29. The second kappa shape index (κ2) is 5.86. The van der Waals surface area contributed by atoms with Crippen LogP contribution < -0.4 is 0 Å². The Bertz CT molecular complexity index is 1440. The van der Waals surface area contributed by atoms with Crippen LogP contribution in [-0.2, 0) is 0 Å². The van der Waals surface area contributed by atoms with Gasteiger partial charge in [0, 0.05) is 23.5 Å². The molecule has 2 heterocycles. The SMILES string of the molecule is c1cc(-c2ccncc2)nc(-c2ccc3ccc4cccc5ccc2c3c45)c1. The molecule has 0 unspecified atom stereocenters. The van der Waals surface area contributed by atoms with Crippen molar-refractivity contribution in [2.24, 2.45) is 0 Å². The highest BCUT2D eigenvalue weighted by molar-refractivity contribution is 6.25. The maximum atomic E-state index is 4.97. The van der Waals surface area contributed by atoms with Gasteiger partial charge >= 0.3 is 0 Å². The van der Waals surface area contributed by atoms with Gasteiger partial charge < -0.3 is 0 Å². The first kappa shape index (κ1) is 15.3. The van der Waals surface area contributed by atoms with E-state index in [1.165, 1.54) is 37.9 Å². The molecule has 2 nitrogen and oxygen atoms in total. The summed E-state index contributed by atoms with van der Waals surface area (Å²) in [4.78, 5) is 9.08. The van der Waals surface area contributed by atoms with Crippen molar-refractivity contribution in [1.82, 2.24) is 9.97 Å². The minimum absolute atomic E-state index is 0.964. The Hall–Kier alpha value is -3.78. The molecule has 4 aromatic carbocycles. The second-order valence-electron chi connectivity index (χ2n) is 7.11. The minimum atomic E-state index is 0.964. The van der Waals surface area contributed by atoms with Crippen LogP contribution in [0.4, 0.5) is 0 Å². The molecule has 130 valence electrons. The number of pyridine rings is 2. The van der Waals surface area contributed by atoms with E-state index < -0.39 is 0 Å². The summed E-state index contributed by atoms with van der Waals surface area (Å²) in [7, 11) is 0. The van der Waals surface area contributed by atoms with Crippen molar-refractivity contribution >= 4 is 32.3 Å². The molecule has 0 aliphatic carbocycles. The van der Waals surface area contributed by atoms with Crippen molar-refractivity contribution in [3.05, 3.63) is 97.3 Å². The molecule has 0 radical (unpaired) electrons. The van der Waals surface area contributed by atoms with Crippen LogP contribution in [0.25, 0.3) is 54.8 Å². The van der Waals surface area contributed by atoms with Crippen LogP contribution in [0.5, 0.6) is 0 Å². The molecule has 0 saturated heterocycles. The average molecular weight is 356 g/mol. The third kappa shape index (κ3) is 2.21. The normalized spacial score (nSPS) is 11.6.